The number of amides is 2. The Hall–Kier alpha value is -2.61. The van der Waals surface area contributed by atoms with E-state index in [1.807, 2.05) is 38.1 Å². The molecule has 1 aromatic carbocycles. The van der Waals surface area contributed by atoms with E-state index < -0.39 is 5.92 Å². The molecule has 21 heavy (non-hydrogen) atoms. The van der Waals surface area contributed by atoms with Gasteiger partial charge in [0.15, 0.2) is 0 Å². The fraction of sp³-hybridized carbons (Fsp3) is 0.312. The summed E-state index contributed by atoms with van der Waals surface area (Å²) >= 11 is 0. The SMILES string of the molecule is CC1=C(C#N)C(C(=O)Nc2ccc(C)c(C)c2)CC(=O)N1. The molecule has 2 N–H and O–H groups in total. The second-order valence-electron chi connectivity index (χ2n) is 5.24. The van der Waals surface area contributed by atoms with Crippen molar-refractivity contribution in [3.8, 4) is 6.07 Å². The van der Waals surface area contributed by atoms with Gasteiger partial charge in [0, 0.05) is 17.8 Å². The summed E-state index contributed by atoms with van der Waals surface area (Å²) in [6.07, 6.45) is -0.00307. The Bertz CT molecular complexity index is 683. The van der Waals surface area contributed by atoms with Gasteiger partial charge >= 0.3 is 0 Å². The maximum atomic E-state index is 12.3. The predicted octanol–water partition coefficient (Wildman–Crippen LogP) is 2.18. The average Bonchev–Trinajstić information content (AvgIpc) is 2.42. The van der Waals surface area contributed by atoms with Crippen molar-refractivity contribution in [2.45, 2.75) is 27.2 Å². The van der Waals surface area contributed by atoms with E-state index >= 15 is 0 Å². The van der Waals surface area contributed by atoms with Crippen LogP contribution in [0.4, 0.5) is 5.69 Å². The van der Waals surface area contributed by atoms with Crippen molar-refractivity contribution >= 4 is 17.5 Å². The van der Waals surface area contributed by atoms with E-state index in [0.717, 1.165) is 11.1 Å². The standard InChI is InChI=1S/C16H17N3O2/c1-9-4-5-12(6-10(9)2)19-16(21)13-7-15(20)18-11(3)14(13)8-17/h4-6,13H,7H2,1-3H3,(H,18,20)(H,19,21). The molecular formula is C16H17N3O2. The third-order valence-corrected chi connectivity index (χ3v) is 3.68. The van der Waals surface area contributed by atoms with Gasteiger partial charge < -0.3 is 10.6 Å². The molecule has 1 atom stereocenters. The molecule has 5 heteroatoms. The lowest BCUT2D eigenvalue weighted by Gasteiger charge is -2.22. The van der Waals surface area contributed by atoms with E-state index in [2.05, 4.69) is 10.6 Å². The van der Waals surface area contributed by atoms with Gasteiger partial charge in [-0.1, -0.05) is 6.07 Å². The number of nitriles is 1. The van der Waals surface area contributed by atoms with Crippen LogP contribution in [0.1, 0.15) is 24.5 Å². The zero-order valence-electron chi connectivity index (χ0n) is 12.3. The Morgan fingerprint density at radius 1 is 1.33 bits per heavy atom. The topological polar surface area (TPSA) is 82.0 Å². The molecule has 1 heterocycles. The fourth-order valence-corrected chi connectivity index (χ4v) is 2.31. The summed E-state index contributed by atoms with van der Waals surface area (Å²) in [7, 11) is 0. The molecular weight excluding hydrogens is 266 g/mol. The van der Waals surface area contributed by atoms with Crippen LogP contribution in [0.2, 0.25) is 0 Å². The third kappa shape index (κ3) is 3.11. The number of aryl methyl sites for hydroxylation is 2. The molecule has 2 rings (SSSR count). The van der Waals surface area contributed by atoms with E-state index in [1.54, 1.807) is 6.92 Å². The molecule has 0 saturated heterocycles. The minimum absolute atomic E-state index is 0.00307. The van der Waals surface area contributed by atoms with Crippen LogP contribution >= 0.6 is 0 Å². The predicted molar refractivity (Wildman–Crippen MR) is 79.1 cm³/mol. The first-order valence-corrected chi connectivity index (χ1v) is 6.71. The molecule has 0 aromatic heterocycles. The summed E-state index contributed by atoms with van der Waals surface area (Å²) in [6, 6.07) is 7.62. The molecule has 1 aliphatic heterocycles. The number of nitrogens with zero attached hydrogens (tertiary/aromatic N) is 1. The number of rotatable bonds is 2. The van der Waals surface area contributed by atoms with Crippen molar-refractivity contribution in [3.63, 3.8) is 0 Å². The zero-order chi connectivity index (χ0) is 15.6. The molecule has 0 fully saturated rings. The summed E-state index contributed by atoms with van der Waals surface area (Å²) in [5.74, 6) is -1.30. The molecule has 0 spiro atoms. The molecule has 0 bridgehead atoms. The molecule has 5 nitrogen and oxygen atoms in total. The van der Waals surface area contributed by atoms with Crippen LogP contribution in [-0.4, -0.2) is 11.8 Å². The monoisotopic (exact) mass is 283 g/mol. The van der Waals surface area contributed by atoms with Crippen LogP contribution in [0.25, 0.3) is 0 Å². The normalized spacial score (nSPS) is 18.0. The van der Waals surface area contributed by atoms with Crippen molar-refractivity contribution < 1.29 is 9.59 Å². The molecule has 2 amide bonds. The average molecular weight is 283 g/mol. The molecule has 0 radical (unpaired) electrons. The van der Waals surface area contributed by atoms with Gasteiger partial charge in [-0.2, -0.15) is 5.26 Å². The Morgan fingerprint density at radius 2 is 2.05 bits per heavy atom. The van der Waals surface area contributed by atoms with Gasteiger partial charge in [-0.15, -0.1) is 0 Å². The summed E-state index contributed by atoms with van der Waals surface area (Å²) in [5.41, 5.74) is 3.65. The number of anilines is 1. The highest BCUT2D eigenvalue weighted by atomic mass is 16.2. The van der Waals surface area contributed by atoms with Crippen molar-refractivity contribution in [2.75, 3.05) is 5.32 Å². The molecule has 1 aromatic rings. The summed E-state index contributed by atoms with van der Waals surface area (Å²) < 4.78 is 0. The minimum atomic E-state index is -0.731. The number of allylic oxidation sites excluding steroid dienone is 1. The number of carbonyl (C=O) groups is 2. The Balaban J connectivity index is 2.23. The van der Waals surface area contributed by atoms with Crippen molar-refractivity contribution in [1.82, 2.24) is 5.32 Å². The van der Waals surface area contributed by atoms with Crippen LogP contribution in [0.5, 0.6) is 0 Å². The first-order chi connectivity index (χ1) is 9.92. The van der Waals surface area contributed by atoms with E-state index in [-0.39, 0.29) is 18.2 Å². The maximum Gasteiger partial charge on any atom is 0.233 e. The lowest BCUT2D eigenvalue weighted by atomic mass is 9.90. The smallest absolute Gasteiger partial charge is 0.233 e. The lowest BCUT2D eigenvalue weighted by molar-refractivity contribution is -0.126. The van der Waals surface area contributed by atoms with Gasteiger partial charge in [0.2, 0.25) is 11.8 Å². The first-order valence-electron chi connectivity index (χ1n) is 6.71. The molecule has 1 aliphatic rings. The van der Waals surface area contributed by atoms with Crippen LogP contribution in [-0.2, 0) is 9.59 Å². The molecule has 1 unspecified atom stereocenters. The van der Waals surface area contributed by atoms with Gasteiger partial charge in [-0.05, 0) is 44.0 Å². The highest BCUT2D eigenvalue weighted by Gasteiger charge is 2.31. The number of hydrogen-bond acceptors (Lipinski definition) is 3. The van der Waals surface area contributed by atoms with Crippen LogP contribution < -0.4 is 10.6 Å². The van der Waals surface area contributed by atoms with Crippen molar-refractivity contribution in [2.24, 2.45) is 5.92 Å². The van der Waals surface area contributed by atoms with Gasteiger partial charge in [0.05, 0.1) is 17.6 Å². The zero-order valence-corrected chi connectivity index (χ0v) is 12.3. The van der Waals surface area contributed by atoms with Crippen molar-refractivity contribution in [3.05, 3.63) is 40.6 Å². The number of nitrogens with one attached hydrogen (secondary N) is 2. The highest BCUT2D eigenvalue weighted by molar-refractivity contribution is 5.99. The fourth-order valence-electron chi connectivity index (χ4n) is 2.31. The van der Waals surface area contributed by atoms with E-state index in [4.69, 9.17) is 0 Å². The lowest BCUT2D eigenvalue weighted by Crippen LogP contribution is -2.37. The number of benzene rings is 1. The first kappa shape index (κ1) is 14.8. The van der Waals surface area contributed by atoms with Gasteiger partial charge in [-0.3, -0.25) is 9.59 Å². The van der Waals surface area contributed by atoms with E-state index in [0.29, 0.717) is 17.0 Å². The Labute approximate surface area is 123 Å². The van der Waals surface area contributed by atoms with Gasteiger partial charge in [-0.25, -0.2) is 0 Å². The molecule has 108 valence electrons. The largest absolute Gasteiger partial charge is 0.329 e. The van der Waals surface area contributed by atoms with E-state index in [1.165, 1.54) is 0 Å². The van der Waals surface area contributed by atoms with E-state index in [9.17, 15) is 14.9 Å². The Kier molecular flexibility index (Phi) is 4.08. The second kappa shape index (κ2) is 5.80. The van der Waals surface area contributed by atoms with Crippen LogP contribution in [0.3, 0.4) is 0 Å². The third-order valence-electron chi connectivity index (χ3n) is 3.68. The minimum Gasteiger partial charge on any atom is -0.329 e. The summed E-state index contributed by atoms with van der Waals surface area (Å²) in [5, 5.41) is 14.5. The highest BCUT2D eigenvalue weighted by Crippen LogP contribution is 2.24. The second-order valence-corrected chi connectivity index (χ2v) is 5.24. The number of carbonyl (C=O) groups excluding carboxylic acids is 2. The van der Waals surface area contributed by atoms with Gasteiger partial charge in [0.25, 0.3) is 0 Å². The van der Waals surface area contributed by atoms with Gasteiger partial charge in [0.1, 0.15) is 0 Å². The van der Waals surface area contributed by atoms with Crippen LogP contribution in [0.15, 0.2) is 29.5 Å². The maximum absolute atomic E-state index is 12.3. The van der Waals surface area contributed by atoms with Crippen molar-refractivity contribution in [1.29, 1.82) is 5.26 Å². The molecule has 0 aliphatic carbocycles. The summed E-state index contributed by atoms with van der Waals surface area (Å²) in [6.45, 7) is 5.59. The quantitative estimate of drug-likeness (QED) is 0.872. The number of hydrogen-bond donors (Lipinski definition) is 2. The molecule has 0 saturated carbocycles. The Morgan fingerprint density at radius 3 is 2.67 bits per heavy atom. The van der Waals surface area contributed by atoms with Crippen LogP contribution in [0, 0.1) is 31.1 Å². The summed E-state index contributed by atoms with van der Waals surface area (Å²) in [4.78, 5) is 23.9.